The standard InChI is InChI=1S/C33H26N2/c1-34-28-17-9-11-21(30(28)32-22-12-4-3-10-20(22)19-29(32)34)18-26-23-13-5-6-14-24(23)31-25-15-7-8-16-27(25)35(2)33(26)31/h3-17,26H,18-19H2,1-2H3. The minimum Gasteiger partial charge on any atom is -0.347 e. The van der Waals surface area contributed by atoms with Gasteiger partial charge in [0.15, 0.2) is 0 Å². The lowest BCUT2D eigenvalue weighted by molar-refractivity contribution is 0.746. The molecule has 1 atom stereocenters. The van der Waals surface area contributed by atoms with Crippen LogP contribution in [-0.4, -0.2) is 9.13 Å². The molecule has 4 aromatic carbocycles. The van der Waals surface area contributed by atoms with Crippen molar-refractivity contribution in [3.05, 3.63) is 119 Å². The van der Waals surface area contributed by atoms with Crippen molar-refractivity contribution in [1.29, 1.82) is 0 Å². The van der Waals surface area contributed by atoms with E-state index in [4.69, 9.17) is 0 Å². The van der Waals surface area contributed by atoms with Gasteiger partial charge >= 0.3 is 0 Å². The predicted molar refractivity (Wildman–Crippen MR) is 145 cm³/mol. The quantitative estimate of drug-likeness (QED) is 0.257. The number of benzene rings is 4. The largest absolute Gasteiger partial charge is 0.347 e. The van der Waals surface area contributed by atoms with Crippen LogP contribution < -0.4 is 0 Å². The predicted octanol–water partition coefficient (Wildman–Crippen LogP) is 7.60. The molecule has 8 rings (SSSR count). The molecule has 0 N–H and O–H groups in total. The van der Waals surface area contributed by atoms with E-state index in [9.17, 15) is 0 Å². The van der Waals surface area contributed by atoms with Crippen LogP contribution in [0.2, 0.25) is 0 Å². The molecule has 0 saturated carbocycles. The molecule has 2 aliphatic carbocycles. The Balaban J connectivity index is 1.38. The Bertz CT molecular complexity index is 1830. The number of aromatic nitrogens is 2. The Morgan fingerprint density at radius 2 is 1.43 bits per heavy atom. The van der Waals surface area contributed by atoms with Crippen molar-refractivity contribution < 1.29 is 0 Å². The highest BCUT2D eigenvalue weighted by Crippen LogP contribution is 2.52. The van der Waals surface area contributed by atoms with Gasteiger partial charge in [0, 0.05) is 70.8 Å². The number of hydrogen-bond acceptors (Lipinski definition) is 0. The van der Waals surface area contributed by atoms with Gasteiger partial charge in [-0.15, -0.1) is 0 Å². The van der Waals surface area contributed by atoms with Crippen LogP contribution in [0, 0.1) is 0 Å². The number of nitrogens with zero attached hydrogens (tertiary/aromatic N) is 2. The number of rotatable bonds is 2. The lowest BCUT2D eigenvalue weighted by atomic mass is 9.89. The summed E-state index contributed by atoms with van der Waals surface area (Å²) in [6.45, 7) is 0. The van der Waals surface area contributed by atoms with Gasteiger partial charge in [-0.2, -0.15) is 0 Å². The molecule has 2 aliphatic rings. The third kappa shape index (κ3) is 2.39. The summed E-state index contributed by atoms with van der Waals surface area (Å²) in [5.41, 5.74) is 15.7. The first-order valence-corrected chi connectivity index (χ1v) is 12.6. The molecule has 0 bridgehead atoms. The second-order valence-electron chi connectivity index (χ2n) is 10.2. The fourth-order valence-corrected chi connectivity index (χ4v) is 7.08. The van der Waals surface area contributed by atoms with Crippen molar-refractivity contribution in [3.63, 3.8) is 0 Å². The van der Waals surface area contributed by atoms with Crippen LogP contribution in [-0.2, 0) is 26.9 Å². The fourth-order valence-electron chi connectivity index (χ4n) is 7.08. The Labute approximate surface area is 205 Å². The van der Waals surface area contributed by atoms with Gasteiger partial charge in [0.05, 0.1) is 0 Å². The van der Waals surface area contributed by atoms with Crippen molar-refractivity contribution in [1.82, 2.24) is 9.13 Å². The Hall–Kier alpha value is -4.04. The normalized spacial score (nSPS) is 15.4. The van der Waals surface area contributed by atoms with Crippen molar-refractivity contribution in [2.75, 3.05) is 0 Å². The van der Waals surface area contributed by atoms with Crippen LogP contribution >= 0.6 is 0 Å². The molecule has 0 saturated heterocycles. The number of aryl methyl sites for hydroxylation is 2. The maximum Gasteiger partial charge on any atom is 0.0489 e. The first-order chi connectivity index (χ1) is 17.2. The molecule has 0 aliphatic heterocycles. The molecule has 2 aromatic heterocycles. The molecule has 0 fully saturated rings. The number of para-hydroxylation sites is 1. The van der Waals surface area contributed by atoms with Gasteiger partial charge in [0.2, 0.25) is 0 Å². The zero-order valence-corrected chi connectivity index (χ0v) is 20.0. The molecule has 2 nitrogen and oxygen atoms in total. The summed E-state index contributed by atoms with van der Waals surface area (Å²) in [7, 11) is 4.49. The third-order valence-electron chi connectivity index (χ3n) is 8.59. The van der Waals surface area contributed by atoms with Gasteiger partial charge in [-0.1, -0.05) is 78.9 Å². The van der Waals surface area contributed by atoms with E-state index in [1.54, 1.807) is 0 Å². The van der Waals surface area contributed by atoms with Gasteiger partial charge < -0.3 is 9.13 Å². The van der Waals surface area contributed by atoms with Crippen LogP contribution in [0.3, 0.4) is 0 Å². The minimum atomic E-state index is 0.344. The van der Waals surface area contributed by atoms with E-state index < -0.39 is 0 Å². The van der Waals surface area contributed by atoms with E-state index >= 15 is 0 Å². The zero-order valence-electron chi connectivity index (χ0n) is 20.0. The van der Waals surface area contributed by atoms with Crippen LogP contribution in [0.15, 0.2) is 91.0 Å². The van der Waals surface area contributed by atoms with Crippen molar-refractivity contribution in [3.8, 4) is 22.3 Å². The van der Waals surface area contributed by atoms with Crippen molar-refractivity contribution in [2.45, 2.75) is 18.8 Å². The molecule has 2 heteroatoms. The van der Waals surface area contributed by atoms with Crippen molar-refractivity contribution in [2.24, 2.45) is 14.1 Å². The van der Waals surface area contributed by atoms with Gasteiger partial charge in [-0.05, 0) is 46.4 Å². The monoisotopic (exact) mass is 450 g/mol. The SMILES string of the molecule is Cn1c2c(c3ccccc31)-c1ccccc1C2Cc1cccc2c1c1c(n2C)Cc2ccccc2-1. The first kappa shape index (κ1) is 19.3. The summed E-state index contributed by atoms with van der Waals surface area (Å²) >= 11 is 0. The maximum absolute atomic E-state index is 2.44. The smallest absolute Gasteiger partial charge is 0.0489 e. The van der Waals surface area contributed by atoms with Gasteiger partial charge in [-0.3, -0.25) is 0 Å². The number of fused-ring (bicyclic) bond motifs is 10. The van der Waals surface area contributed by atoms with Gasteiger partial charge in [0.1, 0.15) is 0 Å². The second kappa shape index (κ2) is 6.76. The Kier molecular flexibility index (Phi) is 3.73. The molecule has 35 heavy (non-hydrogen) atoms. The average molecular weight is 451 g/mol. The van der Waals surface area contributed by atoms with E-state index in [-0.39, 0.29) is 0 Å². The molecule has 0 radical (unpaired) electrons. The van der Waals surface area contributed by atoms with E-state index in [2.05, 4.69) is 114 Å². The second-order valence-corrected chi connectivity index (χ2v) is 10.2. The lowest BCUT2D eigenvalue weighted by Gasteiger charge is -2.17. The van der Waals surface area contributed by atoms with E-state index in [1.807, 2.05) is 0 Å². The minimum absolute atomic E-state index is 0.344. The molecular formula is C33H26N2. The van der Waals surface area contributed by atoms with Crippen LogP contribution in [0.4, 0.5) is 0 Å². The summed E-state index contributed by atoms with van der Waals surface area (Å²) in [4.78, 5) is 0. The van der Waals surface area contributed by atoms with Crippen LogP contribution in [0.25, 0.3) is 44.1 Å². The molecule has 0 spiro atoms. The fraction of sp³-hybridized carbons (Fsp3) is 0.152. The first-order valence-electron chi connectivity index (χ1n) is 12.6. The van der Waals surface area contributed by atoms with E-state index in [0.29, 0.717) is 5.92 Å². The molecule has 0 amide bonds. The molecule has 168 valence electrons. The average Bonchev–Trinajstić information content (AvgIpc) is 3.59. The van der Waals surface area contributed by atoms with E-state index in [0.717, 1.165) is 12.8 Å². The summed E-state index contributed by atoms with van der Waals surface area (Å²) in [5, 5.41) is 2.81. The third-order valence-corrected chi connectivity index (χ3v) is 8.59. The molecule has 1 unspecified atom stereocenters. The Morgan fingerprint density at radius 3 is 2.34 bits per heavy atom. The lowest BCUT2D eigenvalue weighted by Crippen LogP contribution is -2.07. The molecular weight excluding hydrogens is 424 g/mol. The summed E-state index contributed by atoms with van der Waals surface area (Å²) < 4.78 is 4.87. The highest BCUT2D eigenvalue weighted by Gasteiger charge is 2.35. The zero-order chi connectivity index (χ0) is 23.3. The summed E-state index contributed by atoms with van der Waals surface area (Å²) in [6, 6.07) is 33.8. The Morgan fingerprint density at radius 1 is 0.686 bits per heavy atom. The summed E-state index contributed by atoms with van der Waals surface area (Å²) in [6.07, 6.45) is 2.03. The maximum atomic E-state index is 2.44. The van der Waals surface area contributed by atoms with E-state index in [1.165, 1.54) is 72.1 Å². The molecule has 2 heterocycles. The highest BCUT2D eigenvalue weighted by molar-refractivity contribution is 6.04. The van der Waals surface area contributed by atoms with Gasteiger partial charge in [-0.25, -0.2) is 0 Å². The van der Waals surface area contributed by atoms with Crippen LogP contribution in [0.1, 0.15) is 34.0 Å². The molecule has 6 aromatic rings. The number of hydrogen-bond donors (Lipinski definition) is 0. The van der Waals surface area contributed by atoms with Gasteiger partial charge in [0.25, 0.3) is 0 Å². The van der Waals surface area contributed by atoms with Crippen LogP contribution in [0.5, 0.6) is 0 Å². The topological polar surface area (TPSA) is 9.86 Å². The van der Waals surface area contributed by atoms with Crippen molar-refractivity contribution >= 4 is 21.8 Å². The highest BCUT2D eigenvalue weighted by atomic mass is 15.0. The summed E-state index contributed by atoms with van der Waals surface area (Å²) in [5.74, 6) is 0.344.